The number of likely N-dealkylation sites (N-methyl/N-ethyl adjacent to an activating group) is 1. The van der Waals surface area contributed by atoms with Gasteiger partial charge in [0.15, 0.2) is 0 Å². The van der Waals surface area contributed by atoms with E-state index in [9.17, 15) is 4.79 Å². The number of amides is 1. The highest BCUT2D eigenvalue weighted by Gasteiger charge is 2.16. The average molecular weight is 368 g/mol. The van der Waals surface area contributed by atoms with E-state index in [1.165, 1.54) is 17.0 Å². The molecule has 0 aliphatic heterocycles. The van der Waals surface area contributed by atoms with Crippen LogP contribution in [0.25, 0.3) is 5.69 Å². The zero-order valence-electron chi connectivity index (χ0n) is 15.7. The van der Waals surface area contributed by atoms with Gasteiger partial charge in [0.2, 0.25) is 0 Å². The van der Waals surface area contributed by atoms with Crippen LogP contribution in [0.4, 0.5) is 0 Å². The summed E-state index contributed by atoms with van der Waals surface area (Å²) >= 11 is 1.68. The van der Waals surface area contributed by atoms with E-state index in [-0.39, 0.29) is 11.9 Å². The van der Waals surface area contributed by atoms with Gasteiger partial charge >= 0.3 is 0 Å². The van der Waals surface area contributed by atoms with Gasteiger partial charge in [-0.2, -0.15) is 11.3 Å². The van der Waals surface area contributed by atoms with E-state index >= 15 is 0 Å². The minimum Gasteiger partial charge on any atom is -0.350 e. The molecule has 0 radical (unpaired) electrons. The predicted octanol–water partition coefficient (Wildman–Crippen LogP) is 4.19. The Morgan fingerprint density at radius 3 is 2.27 bits per heavy atom. The van der Waals surface area contributed by atoms with Crippen molar-refractivity contribution in [3.8, 4) is 5.69 Å². The fourth-order valence-electron chi connectivity index (χ4n) is 3.19. The monoisotopic (exact) mass is 367 g/mol. The van der Waals surface area contributed by atoms with Crippen molar-refractivity contribution < 1.29 is 4.79 Å². The van der Waals surface area contributed by atoms with Crippen LogP contribution in [0.3, 0.4) is 0 Å². The van der Waals surface area contributed by atoms with Crippen LogP contribution in [0.5, 0.6) is 0 Å². The lowest BCUT2D eigenvalue weighted by Crippen LogP contribution is -2.34. The second kappa shape index (κ2) is 7.89. The molecule has 0 saturated heterocycles. The molecule has 0 aliphatic rings. The van der Waals surface area contributed by atoms with Crippen molar-refractivity contribution in [2.45, 2.75) is 19.9 Å². The largest absolute Gasteiger partial charge is 0.350 e. The molecule has 2 aromatic heterocycles. The summed E-state index contributed by atoms with van der Waals surface area (Å²) < 4.78 is 2.18. The van der Waals surface area contributed by atoms with Crippen LogP contribution in [0.1, 0.15) is 33.4 Å². The molecule has 3 aromatic rings. The molecule has 1 N–H and O–H groups in total. The summed E-state index contributed by atoms with van der Waals surface area (Å²) in [6.45, 7) is 4.75. The van der Waals surface area contributed by atoms with E-state index in [0.29, 0.717) is 12.1 Å². The Labute approximate surface area is 159 Å². The van der Waals surface area contributed by atoms with E-state index in [1.54, 1.807) is 11.3 Å². The maximum atomic E-state index is 12.5. The summed E-state index contributed by atoms with van der Waals surface area (Å²) in [5, 5.41) is 7.26. The quantitative estimate of drug-likeness (QED) is 0.709. The number of rotatable bonds is 6. The number of carbonyl (C=O) groups is 1. The first-order valence-electron chi connectivity index (χ1n) is 8.69. The standard InChI is InChI=1S/C21H25N3OS/c1-15-5-6-16(2)24(15)19-9-7-17(8-10-19)21(25)22-13-20(23(3)4)18-11-12-26-14-18/h5-12,14,20H,13H2,1-4H3,(H,22,25). The van der Waals surface area contributed by atoms with Gasteiger partial charge in [-0.1, -0.05) is 0 Å². The summed E-state index contributed by atoms with van der Waals surface area (Å²) in [7, 11) is 4.07. The van der Waals surface area contributed by atoms with Crippen molar-refractivity contribution in [1.82, 2.24) is 14.8 Å². The fraction of sp³-hybridized carbons (Fsp3) is 0.286. The molecule has 0 bridgehead atoms. The van der Waals surface area contributed by atoms with Crippen molar-refractivity contribution in [3.05, 3.63) is 75.7 Å². The second-order valence-electron chi connectivity index (χ2n) is 6.74. The van der Waals surface area contributed by atoms with Crippen LogP contribution in [-0.2, 0) is 0 Å². The van der Waals surface area contributed by atoms with Crippen LogP contribution in [0, 0.1) is 13.8 Å². The number of carbonyl (C=O) groups excluding carboxylic acids is 1. The molecule has 26 heavy (non-hydrogen) atoms. The molecule has 2 heterocycles. The van der Waals surface area contributed by atoms with Crippen LogP contribution < -0.4 is 5.32 Å². The summed E-state index contributed by atoms with van der Waals surface area (Å²) in [4.78, 5) is 14.7. The molecule has 1 amide bonds. The van der Waals surface area contributed by atoms with Gasteiger partial charge in [-0.3, -0.25) is 4.79 Å². The molecule has 1 unspecified atom stereocenters. The first kappa shape index (κ1) is 18.4. The average Bonchev–Trinajstić information content (AvgIpc) is 3.25. The Bertz CT molecular complexity index is 844. The minimum absolute atomic E-state index is 0.0421. The van der Waals surface area contributed by atoms with Gasteiger partial charge in [-0.05, 0) is 86.7 Å². The smallest absolute Gasteiger partial charge is 0.251 e. The molecule has 0 spiro atoms. The molecule has 1 aromatic carbocycles. The number of hydrogen-bond donors (Lipinski definition) is 1. The molecule has 0 saturated carbocycles. The number of nitrogens with zero attached hydrogens (tertiary/aromatic N) is 2. The topological polar surface area (TPSA) is 37.3 Å². The van der Waals surface area contributed by atoms with Crippen LogP contribution >= 0.6 is 11.3 Å². The normalized spacial score (nSPS) is 12.3. The zero-order chi connectivity index (χ0) is 18.7. The predicted molar refractivity (Wildman–Crippen MR) is 108 cm³/mol. The van der Waals surface area contributed by atoms with E-state index in [4.69, 9.17) is 0 Å². The summed E-state index contributed by atoms with van der Waals surface area (Å²) in [6, 6.07) is 14.3. The number of benzene rings is 1. The van der Waals surface area contributed by atoms with Crippen molar-refractivity contribution in [1.29, 1.82) is 0 Å². The Morgan fingerprint density at radius 1 is 1.08 bits per heavy atom. The van der Waals surface area contributed by atoms with Gasteiger partial charge in [-0.15, -0.1) is 0 Å². The number of nitrogens with one attached hydrogen (secondary N) is 1. The first-order valence-corrected chi connectivity index (χ1v) is 9.63. The number of aromatic nitrogens is 1. The number of aryl methyl sites for hydroxylation is 2. The Morgan fingerprint density at radius 2 is 1.73 bits per heavy atom. The molecule has 0 aliphatic carbocycles. The highest BCUT2D eigenvalue weighted by atomic mass is 32.1. The maximum Gasteiger partial charge on any atom is 0.251 e. The Hall–Kier alpha value is -2.37. The third-order valence-corrected chi connectivity index (χ3v) is 5.37. The fourth-order valence-corrected chi connectivity index (χ4v) is 3.90. The summed E-state index contributed by atoms with van der Waals surface area (Å²) in [5.74, 6) is -0.0421. The lowest BCUT2D eigenvalue weighted by Gasteiger charge is -2.24. The molecule has 3 rings (SSSR count). The van der Waals surface area contributed by atoms with Crippen LogP contribution in [0.15, 0.2) is 53.2 Å². The van der Waals surface area contributed by atoms with Crippen LogP contribution in [0.2, 0.25) is 0 Å². The lowest BCUT2D eigenvalue weighted by molar-refractivity contribution is 0.0942. The maximum absolute atomic E-state index is 12.5. The van der Waals surface area contributed by atoms with Gasteiger partial charge in [0.1, 0.15) is 0 Å². The van der Waals surface area contributed by atoms with Crippen molar-refractivity contribution in [2.75, 3.05) is 20.6 Å². The van der Waals surface area contributed by atoms with Crippen molar-refractivity contribution in [2.24, 2.45) is 0 Å². The van der Waals surface area contributed by atoms with Gasteiger partial charge in [0, 0.05) is 29.2 Å². The van der Waals surface area contributed by atoms with E-state index in [0.717, 1.165) is 5.69 Å². The molecule has 4 nitrogen and oxygen atoms in total. The molecular weight excluding hydrogens is 342 g/mol. The van der Waals surface area contributed by atoms with Gasteiger partial charge in [0.05, 0.1) is 6.04 Å². The molecular formula is C21H25N3OS. The lowest BCUT2D eigenvalue weighted by atomic mass is 10.1. The minimum atomic E-state index is -0.0421. The molecule has 0 fully saturated rings. The van der Waals surface area contributed by atoms with Crippen molar-refractivity contribution >= 4 is 17.2 Å². The van der Waals surface area contributed by atoms with Crippen LogP contribution in [-0.4, -0.2) is 36.0 Å². The van der Waals surface area contributed by atoms with E-state index < -0.39 is 0 Å². The van der Waals surface area contributed by atoms with Gasteiger partial charge < -0.3 is 14.8 Å². The third kappa shape index (κ3) is 3.89. The SMILES string of the molecule is Cc1ccc(C)n1-c1ccc(C(=O)NCC(c2ccsc2)N(C)C)cc1. The molecule has 1 atom stereocenters. The Balaban J connectivity index is 1.68. The van der Waals surface area contributed by atoms with Gasteiger partial charge in [-0.25, -0.2) is 0 Å². The first-order chi connectivity index (χ1) is 12.5. The van der Waals surface area contributed by atoms with E-state index in [1.807, 2.05) is 38.4 Å². The molecule has 136 valence electrons. The van der Waals surface area contributed by atoms with Gasteiger partial charge in [0.25, 0.3) is 5.91 Å². The zero-order valence-corrected chi connectivity index (χ0v) is 16.5. The number of hydrogen-bond acceptors (Lipinski definition) is 3. The van der Waals surface area contributed by atoms with Crippen molar-refractivity contribution in [3.63, 3.8) is 0 Å². The highest BCUT2D eigenvalue weighted by molar-refractivity contribution is 7.07. The summed E-state index contributed by atoms with van der Waals surface area (Å²) in [6.07, 6.45) is 0. The Kier molecular flexibility index (Phi) is 5.59. The summed E-state index contributed by atoms with van der Waals surface area (Å²) in [5.41, 5.74) is 5.35. The number of thiophene rings is 1. The second-order valence-corrected chi connectivity index (χ2v) is 7.52. The third-order valence-electron chi connectivity index (χ3n) is 4.67. The van der Waals surface area contributed by atoms with E-state index in [2.05, 4.69) is 57.6 Å². The molecule has 5 heteroatoms. The highest BCUT2D eigenvalue weighted by Crippen LogP contribution is 2.20.